The molecule has 0 N–H and O–H groups in total. The molecule has 0 saturated carbocycles. The van der Waals surface area contributed by atoms with E-state index in [1.807, 2.05) is 36.4 Å². The van der Waals surface area contributed by atoms with Crippen molar-refractivity contribution in [3.63, 3.8) is 0 Å². The van der Waals surface area contributed by atoms with Gasteiger partial charge in [-0.25, -0.2) is 15.0 Å². The molecule has 0 unspecified atom stereocenters. The Morgan fingerprint density at radius 3 is 1.07 bits per heavy atom. The van der Waals surface area contributed by atoms with Gasteiger partial charge in [0.15, 0.2) is 25.5 Å². The van der Waals surface area contributed by atoms with E-state index in [0.29, 0.717) is 17.5 Å². The van der Waals surface area contributed by atoms with E-state index in [0.717, 1.165) is 44.5 Å². The van der Waals surface area contributed by atoms with E-state index in [9.17, 15) is 0 Å². The molecule has 0 radical (unpaired) electrons. The SMILES string of the molecule is c1ccc(-c2ccc3c(c2)c2cc(-c4ccccc4)ccc2n3-c2ccc(-c3cccc([Si](c4ccccc4)(c4ccccc4)c4ccccc4)c3)c(-c3nc(-c4ccccc4)nc(-c4ccccc4)n3)c2)cc1. The fraction of sp³-hybridized carbons (Fsp3) is 0. The molecule has 4 nitrogen and oxygen atoms in total. The van der Waals surface area contributed by atoms with Crippen molar-refractivity contribution >= 4 is 50.6 Å². The maximum Gasteiger partial charge on any atom is 0.179 e. The lowest BCUT2D eigenvalue weighted by atomic mass is 9.98. The molecule has 0 aliphatic carbocycles. The summed E-state index contributed by atoms with van der Waals surface area (Å²) in [6.07, 6.45) is 0. The van der Waals surface area contributed by atoms with Gasteiger partial charge in [0.1, 0.15) is 0 Å². The molecule has 0 aliphatic heterocycles. The van der Waals surface area contributed by atoms with Gasteiger partial charge in [0.2, 0.25) is 0 Å². The number of rotatable bonds is 11. The monoisotopic (exact) mass is 960 g/mol. The smallest absolute Gasteiger partial charge is 0.179 e. The minimum Gasteiger partial charge on any atom is -0.309 e. The molecule has 0 bridgehead atoms. The van der Waals surface area contributed by atoms with E-state index in [4.69, 9.17) is 15.0 Å². The van der Waals surface area contributed by atoms with Gasteiger partial charge >= 0.3 is 0 Å². The van der Waals surface area contributed by atoms with E-state index < -0.39 is 8.07 Å². The molecule has 5 heteroatoms. The van der Waals surface area contributed by atoms with Crippen molar-refractivity contribution in [2.45, 2.75) is 0 Å². The number of aromatic nitrogens is 4. The van der Waals surface area contributed by atoms with Gasteiger partial charge in [0.05, 0.1) is 11.0 Å². The quantitative estimate of drug-likeness (QED) is 0.0958. The second-order valence-electron chi connectivity index (χ2n) is 18.7. The number of hydrogen-bond acceptors (Lipinski definition) is 3. The minimum atomic E-state index is -2.89. The highest BCUT2D eigenvalue weighted by atomic mass is 28.3. The average Bonchev–Trinajstić information content (AvgIpc) is 3.82. The molecule has 13 aromatic rings. The summed E-state index contributed by atoms with van der Waals surface area (Å²) in [6, 6.07) is 105. The zero-order valence-electron chi connectivity index (χ0n) is 40.5. The van der Waals surface area contributed by atoms with Gasteiger partial charge in [-0.3, -0.25) is 0 Å². The van der Waals surface area contributed by atoms with Crippen LogP contribution in [0.15, 0.2) is 291 Å². The van der Waals surface area contributed by atoms with Gasteiger partial charge in [-0.1, -0.05) is 255 Å². The van der Waals surface area contributed by atoms with Gasteiger partial charge in [-0.05, 0) is 90.5 Å². The highest BCUT2D eigenvalue weighted by Gasteiger charge is 2.41. The summed E-state index contributed by atoms with van der Waals surface area (Å²) in [5.41, 5.74) is 12.8. The Hall–Kier alpha value is -9.55. The van der Waals surface area contributed by atoms with Crippen LogP contribution in [0.25, 0.3) is 95.0 Å². The van der Waals surface area contributed by atoms with Crippen molar-refractivity contribution in [3.05, 3.63) is 291 Å². The molecular weight excluding hydrogens is 913 g/mol. The third-order valence-corrected chi connectivity index (χ3v) is 19.2. The van der Waals surface area contributed by atoms with Crippen molar-refractivity contribution in [2.24, 2.45) is 0 Å². The summed E-state index contributed by atoms with van der Waals surface area (Å²) >= 11 is 0. The van der Waals surface area contributed by atoms with E-state index in [1.54, 1.807) is 0 Å². The molecule has 74 heavy (non-hydrogen) atoms. The lowest BCUT2D eigenvalue weighted by Gasteiger charge is -2.34. The molecule has 348 valence electrons. The maximum atomic E-state index is 5.41. The van der Waals surface area contributed by atoms with E-state index in [-0.39, 0.29) is 0 Å². The van der Waals surface area contributed by atoms with Crippen LogP contribution in [-0.2, 0) is 0 Å². The van der Waals surface area contributed by atoms with Crippen LogP contribution in [0.2, 0.25) is 0 Å². The van der Waals surface area contributed by atoms with Crippen molar-refractivity contribution in [3.8, 4) is 73.2 Å². The Balaban J connectivity index is 1.09. The fourth-order valence-corrected chi connectivity index (χ4v) is 15.7. The molecule has 2 heterocycles. The maximum absolute atomic E-state index is 5.41. The van der Waals surface area contributed by atoms with Crippen LogP contribution in [-0.4, -0.2) is 27.6 Å². The van der Waals surface area contributed by atoms with Crippen LogP contribution in [0.4, 0.5) is 0 Å². The normalized spacial score (nSPS) is 11.5. The molecule has 2 aromatic heterocycles. The van der Waals surface area contributed by atoms with E-state index >= 15 is 0 Å². The summed E-state index contributed by atoms with van der Waals surface area (Å²) in [5, 5.41) is 7.60. The van der Waals surface area contributed by atoms with Crippen molar-refractivity contribution < 1.29 is 0 Å². The van der Waals surface area contributed by atoms with Gasteiger partial charge in [-0.2, -0.15) is 0 Å². The van der Waals surface area contributed by atoms with Gasteiger partial charge < -0.3 is 4.57 Å². The zero-order chi connectivity index (χ0) is 49.3. The lowest BCUT2D eigenvalue weighted by Crippen LogP contribution is -2.74. The molecule has 11 aromatic carbocycles. The zero-order valence-corrected chi connectivity index (χ0v) is 41.5. The first-order chi connectivity index (χ1) is 36.7. The molecular formula is C69H48N4Si. The second-order valence-corrected chi connectivity index (χ2v) is 22.5. The highest BCUT2D eigenvalue weighted by molar-refractivity contribution is 7.19. The van der Waals surface area contributed by atoms with Crippen molar-refractivity contribution in [1.82, 2.24) is 19.5 Å². The molecule has 0 aliphatic rings. The molecule has 0 fully saturated rings. The molecule has 0 amide bonds. The highest BCUT2D eigenvalue weighted by Crippen LogP contribution is 2.40. The first kappa shape index (κ1) is 44.4. The standard InChI is InChI=1S/C69H48N4Si/c1-8-23-49(24-9-1)53-39-43-65-62(46-53)63-47-54(50-25-10-2-11-26-50)40-44-66(63)73(65)56-41-42-61(64(48-56)69-71-67(51-27-12-3-13-28-51)70-68(72-69)52-29-14-4-15-30-52)55-31-22-38-60(45-55)74(57-32-16-5-17-33-57,58-34-18-6-19-35-58)59-36-20-7-21-37-59/h1-48H. The van der Waals surface area contributed by atoms with Crippen molar-refractivity contribution in [1.29, 1.82) is 0 Å². The Morgan fingerprint density at radius 2 is 0.622 bits per heavy atom. The number of hydrogen-bond donors (Lipinski definition) is 0. The van der Waals surface area contributed by atoms with Crippen LogP contribution in [0.1, 0.15) is 0 Å². The summed E-state index contributed by atoms with van der Waals surface area (Å²) in [7, 11) is -2.89. The van der Waals surface area contributed by atoms with Gasteiger partial charge in [0, 0.05) is 33.2 Å². The third kappa shape index (κ3) is 8.02. The fourth-order valence-electron chi connectivity index (χ4n) is 10.9. The van der Waals surface area contributed by atoms with Crippen LogP contribution < -0.4 is 20.7 Å². The van der Waals surface area contributed by atoms with E-state index in [1.165, 1.54) is 53.8 Å². The van der Waals surface area contributed by atoms with Gasteiger partial charge in [0.25, 0.3) is 0 Å². The molecule has 13 rings (SSSR count). The predicted molar refractivity (Wildman–Crippen MR) is 310 cm³/mol. The first-order valence-electron chi connectivity index (χ1n) is 25.2. The summed E-state index contributed by atoms with van der Waals surface area (Å²) in [4.78, 5) is 16.0. The number of fused-ring (bicyclic) bond motifs is 3. The Morgan fingerprint density at radius 1 is 0.243 bits per heavy atom. The average molecular weight is 961 g/mol. The Bertz CT molecular complexity index is 3840. The summed E-state index contributed by atoms with van der Waals surface area (Å²) in [6.45, 7) is 0. The minimum absolute atomic E-state index is 0.594. The molecule has 0 saturated heterocycles. The summed E-state index contributed by atoms with van der Waals surface area (Å²) < 4.78 is 2.41. The Labute approximate surface area is 432 Å². The van der Waals surface area contributed by atoms with Crippen LogP contribution in [0, 0.1) is 0 Å². The van der Waals surface area contributed by atoms with Crippen LogP contribution >= 0.6 is 0 Å². The van der Waals surface area contributed by atoms with Crippen LogP contribution in [0.3, 0.4) is 0 Å². The van der Waals surface area contributed by atoms with E-state index in [2.05, 4.69) is 259 Å². The van der Waals surface area contributed by atoms with Crippen molar-refractivity contribution in [2.75, 3.05) is 0 Å². The first-order valence-corrected chi connectivity index (χ1v) is 27.2. The second kappa shape index (κ2) is 19.2. The number of nitrogens with zero attached hydrogens (tertiary/aromatic N) is 4. The topological polar surface area (TPSA) is 43.6 Å². The lowest BCUT2D eigenvalue weighted by molar-refractivity contribution is 1.07. The Kier molecular flexibility index (Phi) is 11.5. The van der Waals surface area contributed by atoms with Crippen LogP contribution in [0.5, 0.6) is 0 Å². The predicted octanol–water partition coefficient (Wildman–Crippen LogP) is 14.3. The van der Waals surface area contributed by atoms with Gasteiger partial charge in [-0.15, -0.1) is 0 Å². The summed E-state index contributed by atoms with van der Waals surface area (Å²) in [5.74, 6) is 1.82. The molecule has 0 spiro atoms. The molecule has 0 atom stereocenters. The number of benzene rings is 11. The third-order valence-electron chi connectivity index (χ3n) is 14.4. The largest absolute Gasteiger partial charge is 0.309 e.